The Labute approximate surface area is 227 Å². The van der Waals surface area contributed by atoms with E-state index in [1.54, 1.807) is 43.5 Å². The zero-order chi connectivity index (χ0) is 27.2. The molecule has 0 bridgehead atoms. The van der Waals surface area contributed by atoms with Crippen molar-refractivity contribution in [3.8, 4) is 5.75 Å². The number of carbonyl (C=O) groups is 2. The van der Waals surface area contributed by atoms with Crippen LogP contribution in [0, 0.1) is 0 Å². The highest BCUT2D eigenvalue weighted by Gasteiger charge is 2.20. The van der Waals surface area contributed by atoms with Gasteiger partial charge in [0.25, 0.3) is 11.5 Å². The summed E-state index contributed by atoms with van der Waals surface area (Å²) in [4.78, 5) is 48.0. The quantitative estimate of drug-likeness (QED) is 0.227. The molecule has 0 aliphatic heterocycles. The number of hydrogen-bond acceptors (Lipinski definition) is 7. The molecular formula is C26H24Cl2N4O6. The Bertz CT molecular complexity index is 1650. The summed E-state index contributed by atoms with van der Waals surface area (Å²) in [5.41, 5.74) is 0.232. The average molecular weight is 559 g/mol. The van der Waals surface area contributed by atoms with Crippen LogP contribution in [-0.2, 0) is 20.8 Å². The zero-order valence-corrected chi connectivity index (χ0v) is 22.2. The zero-order valence-electron chi connectivity index (χ0n) is 20.6. The summed E-state index contributed by atoms with van der Waals surface area (Å²) in [7, 11) is 1.51. The van der Waals surface area contributed by atoms with Gasteiger partial charge in [-0.1, -0.05) is 29.3 Å². The van der Waals surface area contributed by atoms with Crippen LogP contribution in [0.25, 0.3) is 16.7 Å². The van der Waals surface area contributed by atoms with Gasteiger partial charge in [-0.25, -0.2) is 9.78 Å². The van der Waals surface area contributed by atoms with E-state index in [4.69, 9.17) is 37.4 Å². The minimum absolute atomic E-state index is 0.00899. The molecule has 0 aliphatic rings. The molecule has 198 valence electrons. The molecule has 1 aromatic carbocycles. The highest BCUT2D eigenvalue weighted by Crippen LogP contribution is 2.27. The molecule has 3 heterocycles. The smallest absolute Gasteiger partial charge is 0.341 e. The molecule has 0 radical (unpaired) electrons. The molecule has 4 rings (SSSR count). The van der Waals surface area contributed by atoms with Crippen molar-refractivity contribution in [1.82, 2.24) is 14.0 Å². The lowest BCUT2D eigenvalue weighted by Crippen LogP contribution is -2.33. The minimum Gasteiger partial charge on any atom is -0.491 e. The Morgan fingerprint density at radius 2 is 1.92 bits per heavy atom. The summed E-state index contributed by atoms with van der Waals surface area (Å²) in [6.45, 7) is 2.10. The van der Waals surface area contributed by atoms with Gasteiger partial charge in [-0.2, -0.15) is 4.99 Å². The van der Waals surface area contributed by atoms with E-state index in [0.717, 1.165) is 0 Å². The van der Waals surface area contributed by atoms with Crippen molar-refractivity contribution < 1.29 is 23.8 Å². The Kier molecular flexibility index (Phi) is 8.77. The lowest BCUT2D eigenvalue weighted by molar-refractivity contribution is -0.118. The summed E-state index contributed by atoms with van der Waals surface area (Å²) in [6.07, 6.45) is 1.47. The van der Waals surface area contributed by atoms with E-state index < -0.39 is 11.9 Å². The van der Waals surface area contributed by atoms with Crippen LogP contribution in [-0.4, -0.2) is 52.8 Å². The number of ether oxygens (including phenoxy) is 3. The topological polar surface area (TPSA) is 113 Å². The van der Waals surface area contributed by atoms with Gasteiger partial charge in [-0.05, 0) is 43.3 Å². The van der Waals surface area contributed by atoms with E-state index in [9.17, 15) is 14.4 Å². The van der Waals surface area contributed by atoms with Crippen LogP contribution in [0.3, 0.4) is 0 Å². The van der Waals surface area contributed by atoms with Crippen molar-refractivity contribution in [2.45, 2.75) is 19.9 Å². The Morgan fingerprint density at radius 1 is 1.11 bits per heavy atom. The van der Waals surface area contributed by atoms with Crippen LogP contribution in [0.15, 0.2) is 58.4 Å². The number of amides is 1. The van der Waals surface area contributed by atoms with Gasteiger partial charge in [-0.15, -0.1) is 0 Å². The second-order valence-electron chi connectivity index (χ2n) is 8.01. The molecule has 0 saturated heterocycles. The van der Waals surface area contributed by atoms with Crippen molar-refractivity contribution in [2.24, 2.45) is 4.99 Å². The van der Waals surface area contributed by atoms with E-state index in [1.165, 1.54) is 28.2 Å². The number of aromatic nitrogens is 3. The molecule has 0 N–H and O–H groups in total. The van der Waals surface area contributed by atoms with Gasteiger partial charge < -0.3 is 18.8 Å². The molecular weight excluding hydrogens is 535 g/mol. The fourth-order valence-electron chi connectivity index (χ4n) is 3.77. The second kappa shape index (κ2) is 12.2. The Morgan fingerprint density at radius 3 is 2.66 bits per heavy atom. The first kappa shape index (κ1) is 27.3. The number of halogens is 2. The molecule has 0 unspecified atom stereocenters. The van der Waals surface area contributed by atoms with Gasteiger partial charge in [0.1, 0.15) is 22.6 Å². The normalized spacial score (nSPS) is 11.7. The number of esters is 1. The molecule has 0 fully saturated rings. The average Bonchev–Trinajstić information content (AvgIpc) is 2.89. The van der Waals surface area contributed by atoms with E-state index in [1.807, 2.05) is 0 Å². The highest BCUT2D eigenvalue weighted by molar-refractivity contribution is 6.35. The predicted molar refractivity (Wildman–Crippen MR) is 142 cm³/mol. The predicted octanol–water partition coefficient (Wildman–Crippen LogP) is 3.68. The highest BCUT2D eigenvalue weighted by atomic mass is 35.5. The summed E-state index contributed by atoms with van der Waals surface area (Å²) in [5.74, 6) is -0.925. The SMILES string of the molecule is CCOC(=O)c1cc2c(=O)n3ccccc3nc2n(CCOC)c1=NC(=O)CCOc1ccc(Cl)cc1Cl. The molecule has 0 spiro atoms. The van der Waals surface area contributed by atoms with Gasteiger partial charge in [0, 0.05) is 24.9 Å². The maximum atomic E-state index is 13.3. The number of benzene rings is 1. The second-order valence-corrected chi connectivity index (χ2v) is 8.85. The maximum absolute atomic E-state index is 13.3. The number of rotatable bonds is 9. The van der Waals surface area contributed by atoms with E-state index >= 15 is 0 Å². The number of hydrogen-bond donors (Lipinski definition) is 0. The molecule has 3 aromatic heterocycles. The molecule has 12 heteroatoms. The standard InChI is InChI=1S/C26H24Cl2N4O6/c1-3-37-26(35)18-15-17-23(29-21-6-4-5-10-31(21)25(17)34)32(11-13-36-2)24(18)30-22(33)9-12-38-20-8-7-16(27)14-19(20)28/h4-8,10,14-15H,3,9,11-13H2,1-2H3. The number of nitrogens with zero attached hydrogens (tertiary/aromatic N) is 4. The lowest BCUT2D eigenvalue weighted by Gasteiger charge is -2.15. The molecule has 0 aliphatic carbocycles. The van der Waals surface area contributed by atoms with Crippen LogP contribution in [0.4, 0.5) is 0 Å². The first-order valence-corrected chi connectivity index (χ1v) is 12.5. The van der Waals surface area contributed by atoms with Gasteiger partial charge >= 0.3 is 5.97 Å². The maximum Gasteiger partial charge on any atom is 0.341 e. The fourth-order valence-corrected chi connectivity index (χ4v) is 4.23. The molecule has 38 heavy (non-hydrogen) atoms. The van der Waals surface area contributed by atoms with Crippen molar-refractivity contribution in [1.29, 1.82) is 0 Å². The first-order chi connectivity index (χ1) is 18.3. The van der Waals surface area contributed by atoms with Gasteiger partial charge in [0.2, 0.25) is 0 Å². The third kappa shape index (κ3) is 5.88. The molecule has 4 aromatic rings. The van der Waals surface area contributed by atoms with E-state index in [2.05, 4.69) is 9.98 Å². The third-order valence-electron chi connectivity index (χ3n) is 5.50. The van der Waals surface area contributed by atoms with E-state index in [-0.39, 0.29) is 60.4 Å². The van der Waals surface area contributed by atoms with Crippen LogP contribution < -0.4 is 15.8 Å². The van der Waals surface area contributed by atoms with Gasteiger partial charge in [0.05, 0.1) is 36.7 Å². The van der Waals surface area contributed by atoms with Crippen LogP contribution in [0.2, 0.25) is 10.0 Å². The Hall–Kier alpha value is -3.73. The van der Waals surface area contributed by atoms with Gasteiger partial charge in [-0.3, -0.25) is 14.0 Å². The number of pyridine rings is 2. The van der Waals surface area contributed by atoms with Crippen molar-refractivity contribution in [2.75, 3.05) is 26.9 Å². The summed E-state index contributed by atoms with van der Waals surface area (Å²) < 4.78 is 18.9. The van der Waals surface area contributed by atoms with Crippen molar-refractivity contribution >= 4 is 51.8 Å². The third-order valence-corrected chi connectivity index (χ3v) is 6.03. The molecule has 1 amide bonds. The summed E-state index contributed by atoms with van der Waals surface area (Å²) >= 11 is 12.0. The number of fused-ring (bicyclic) bond motifs is 2. The largest absolute Gasteiger partial charge is 0.491 e. The first-order valence-electron chi connectivity index (χ1n) is 11.7. The molecule has 0 saturated carbocycles. The molecule has 0 atom stereocenters. The summed E-state index contributed by atoms with van der Waals surface area (Å²) in [5, 5.41) is 0.931. The minimum atomic E-state index is -0.728. The van der Waals surface area contributed by atoms with Crippen molar-refractivity contribution in [3.63, 3.8) is 0 Å². The van der Waals surface area contributed by atoms with Gasteiger partial charge in [0.15, 0.2) is 5.49 Å². The number of methoxy groups -OCH3 is 1. The van der Waals surface area contributed by atoms with Crippen molar-refractivity contribution in [3.05, 3.63) is 80.1 Å². The number of carbonyl (C=O) groups excluding carboxylic acids is 2. The monoisotopic (exact) mass is 558 g/mol. The lowest BCUT2D eigenvalue weighted by atomic mass is 10.2. The van der Waals surface area contributed by atoms with Crippen LogP contribution in [0.5, 0.6) is 5.75 Å². The van der Waals surface area contributed by atoms with Crippen LogP contribution in [0.1, 0.15) is 23.7 Å². The molecule has 10 nitrogen and oxygen atoms in total. The summed E-state index contributed by atoms with van der Waals surface area (Å²) in [6, 6.07) is 11.2. The Balaban J connectivity index is 1.82. The fraction of sp³-hybridized carbons (Fsp3) is 0.269. The van der Waals surface area contributed by atoms with E-state index in [0.29, 0.717) is 21.4 Å². The van der Waals surface area contributed by atoms with Crippen LogP contribution >= 0.6 is 23.2 Å².